The lowest BCUT2D eigenvalue weighted by Crippen LogP contribution is -2.44. The average molecular weight is 367 g/mol. The van der Waals surface area contributed by atoms with Crippen LogP contribution in [-0.2, 0) is 0 Å². The number of aryl methyl sites for hydroxylation is 2. The number of hydrogen-bond donors (Lipinski definition) is 2. The normalized spacial score (nSPS) is 14.9. The van der Waals surface area contributed by atoms with Crippen molar-refractivity contribution in [2.45, 2.75) is 13.8 Å². The molecule has 1 aromatic heterocycles. The molecule has 1 saturated heterocycles. The molecule has 0 spiro atoms. The summed E-state index contributed by atoms with van der Waals surface area (Å²) >= 11 is 1.56. The first-order valence-electron chi connectivity index (χ1n) is 8.73. The molecule has 0 atom stereocenters. The Kier molecular flexibility index (Phi) is 4.17. The molecular weight excluding hydrogens is 346 g/mol. The summed E-state index contributed by atoms with van der Waals surface area (Å²) in [6, 6.07) is 7.75. The summed E-state index contributed by atoms with van der Waals surface area (Å²) in [6.07, 6.45) is 0. The number of benzene rings is 2. The minimum Gasteiger partial charge on any atom is -0.368 e. The highest BCUT2D eigenvalue weighted by atomic mass is 32.1. The average Bonchev–Trinajstić information content (AvgIpc) is 2.63. The second-order valence-corrected chi connectivity index (χ2v) is 7.86. The van der Waals surface area contributed by atoms with Crippen LogP contribution in [0.15, 0.2) is 29.1 Å². The van der Waals surface area contributed by atoms with E-state index in [9.17, 15) is 9.59 Å². The minimum absolute atomic E-state index is 0.0325. The summed E-state index contributed by atoms with van der Waals surface area (Å²) in [4.78, 5) is 27.6. The van der Waals surface area contributed by atoms with Crippen LogP contribution in [0.1, 0.15) is 21.5 Å². The van der Waals surface area contributed by atoms with E-state index in [0.29, 0.717) is 10.9 Å². The van der Waals surface area contributed by atoms with Gasteiger partial charge in [-0.2, -0.15) is 0 Å². The van der Waals surface area contributed by atoms with Crippen LogP contribution in [0.25, 0.3) is 20.2 Å². The highest BCUT2D eigenvalue weighted by Gasteiger charge is 2.22. The fourth-order valence-electron chi connectivity index (χ4n) is 3.66. The van der Waals surface area contributed by atoms with Gasteiger partial charge in [-0.25, -0.2) is 0 Å². The van der Waals surface area contributed by atoms with Gasteiger partial charge in [-0.15, -0.1) is 11.3 Å². The topological polar surface area (TPSA) is 75.4 Å². The first kappa shape index (κ1) is 17.0. The first-order chi connectivity index (χ1) is 12.5. The molecule has 0 aliphatic carbocycles. The molecule has 5 nitrogen and oxygen atoms in total. The lowest BCUT2D eigenvalue weighted by molar-refractivity contribution is 0.1000. The molecule has 0 bridgehead atoms. The van der Waals surface area contributed by atoms with Crippen LogP contribution in [0.2, 0.25) is 0 Å². The number of fused-ring (bicyclic) bond motifs is 2. The van der Waals surface area contributed by atoms with Crippen molar-refractivity contribution in [1.29, 1.82) is 0 Å². The highest BCUT2D eigenvalue weighted by Crippen LogP contribution is 2.35. The molecule has 2 aromatic carbocycles. The van der Waals surface area contributed by atoms with Crippen molar-refractivity contribution in [3.05, 3.63) is 51.2 Å². The quantitative estimate of drug-likeness (QED) is 0.683. The highest BCUT2D eigenvalue weighted by molar-refractivity contribution is 7.24. The molecule has 0 unspecified atom stereocenters. The molecule has 1 aliphatic rings. The van der Waals surface area contributed by atoms with E-state index < -0.39 is 5.91 Å². The van der Waals surface area contributed by atoms with Gasteiger partial charge in [0.2, 0.25) is 5.91 Å². The molecule has 26 heavy (non-hydrogen) atoms. The number of hydrogen-bond acceptors (Lipinski definition) is 5. The maximum absolute atomic E-state index is 13.4. The Morgan fingerprint density at radius 1 is 1.19 bits per heavy atom. The van der Waals surface area contributed by atoms with E-state index in [4.69, 9.17) is 5.73 Å². The van der Waals surface area contributed by atoms with Crippen LogP contribution in [0.4, 0.5) is 5.69 Å². The smallest absolute Gasteiger partial charge is 0.249 e. The Bertz CT molecular complexity index is 1100. The van der Waals surface area contributed by atoms with Gasteiger partial charge in [0.15, 0.2) is 5.43 Å². The van der Waals surface area contributed by atoms with Crippen LogP contribution in [-0.4, -0.2) is 32.1 Å². The van der Waals surface area contributed by atoms with E-state index in [0.717, 1.165) is 57.8 Å². The number of primary amides is 1. The third-order valence-corrected chi connectivity index (χ3v) is 6.34. The summed E-state index contributed by atoms with van der Waals surface area (Å²) < 4.78 is 1.79. The third-order valence-electron chi connectivity index (χ3n) is 5.05. The van der Waals surface area contributed by atoms with Gasteiger partial charge in [-0.1, -0.05) is 11.6 Å². The fourth-order valence-corrected chi connectivity index (χ4v) is 4.84. The number of rotatable bonds is 2. The number of carbonyl (C=O) groups is 1. The molecule has 1 aliphatic heterocycles. The van der Waals surface area contributed by atoms with Crippen LogP contribution < -0.4 is 21.4 Å². The number of nitrogens with one attached hydrogen (secondary N) is 1. The monoisotopic (exact) mass is 367 g/mol. The maximum atomic E-state index is 13.4. The van der Waals surface area contributed by atoms with E-state index in [1.54, 1.807) is 17.4 Å². The molecule has 134 valence electrons. The molecule has 0 radical (unpaired) electrons. The second-order valence-electron chi connectivity index (χ2n) is 6.80. The molecule has 1 amide bonds. The summed E-state index contributed by atoms with van der Waals surface area (Å²) in [7, 11) is 0. The van der Waals surface area contributed by atoms with Crippen molar-refractivity contribution < 1.29 is 4.79 Å². The molecule has 2 heterocycles. The maximum Gasteiger partial charge on any atom is 0.249 e. The van der Waals surface area contributed by atoms with Crippen LogP contribution in [0.3, 0.4) is 0 Å². The Labute approximate surface area is 155 Å². The van der Waals surface area contributed by atoms with Gasteiger partial charge in [-0.05, 0) is 37.6 Å². The number of carbonyl (C=O) groups excluding carboxylic acids is 1. The molecule has 6 heteroatoms. The zero-order chi connectivity index (χ0) is 18.4. The second kappa shape index (κ2) is 6.37. The molecular formula is C20H21N3O2S. The fraction of sp³-hybridized carbons (Fsp3) is 0.300. The van der Waals surface area contributed by atoms with E-state index in [1.165, 1.54) is 0 Å². The first-order valence-corrected chi connectivity index (χ1v) is 9.55. The van der Waals surface area contributed by atoms with E-state index in [2.05, 4.69) is 10.2 Å². The molecule has 4 rings (SSSR count). The Morgan fingerprint density at radius 3 is 2.62 bits per heavy atom. The summed E-state index contributed by atoms with van der Waals surface area (Å²) in [6.45, 7) is 7.17. The molecule has 3 aromatic rings. The lowest BCUT2D eigenvalue weighted by atomic mass is 10.0. The van der Waals surface area contributed by atoms with Crippen molar-refractivity contribution in [2.24, 2.45) is 5.73 Å². The largest absolute Gasteiger partial charge is 0.368 e. The SMILES string of the molecule is Cc1ccc2sc3c(C)c(C(N)=O)cc(N4CCNCC4)c3c(=O)c2c1. The van der Waals surface area contributed by atoms with Gasteiger partial charge < -0.3 is 16.0 Å². The van der Waals surface area contributed by atoms with Gasteiger partial charge in [0.05, 0.1) is 11.1 Å². The van der Waals surface area contributed by atoms with Crippen molar-refractivity contribution in [2.75, 3.05) is 31.1 Å². The van der Waals surface area contributed by atoms with Gasteiger partial charge in [-0.3, -0.25) is 9.59 Å². The lowest BCUT2D eigenvalue weighted by Gasteiger charge is -2.31. The number of nitrogens with zero attached hydrogens (tertiary/aromatic N) is 1. The third kappa shape index (κ3) is 2.66. The standard InChI is InChI=1S/C20H21N3O2S/c1-11-3-4-16-14(9-11)18(24)17-15(23-7-5-22-6-8-23)10-13(20(21)25)12(2)19(17)26-16/h3-4,9-10,22H,5-8H2,1-2H3,(H2,21,25). The van der Waals surface area contributed by atoms with Crippen LogP contribution in [0.5, 0.6) is 0 Å². The van der Waals surface area contributed by atoms with Crippen LogP contribution >= 0.6 is 11.3 Å². The number of piperazine rings is 1. The number of amides is 1. The van der Waals surface area contributed by atoms with Crippen molar-refractivity contribution in [1.82, 2.24) is 5.32 Å². The Balaban J connectivity index is 2.14. The molecule has 3 N–H and O–H groups in total. The van der Waals surface area contributed by atoms with Crippen molar-refractivity contribution in [3.8, 4) is 0 Å². The Hall–Kier alpha value is -2.44. The Morgan fingerprint density at radius 2 is 1.92 bits per heavy atom. The van der Waals surface area contributed by atoms with Crippen molar-refractivity contribution >= 4 is 43.1 Å². The minimum atomic E-state index is -0.454. The predicted octanol–water partition coefficient (Wildman–Crippen LogP) is 2.54. The van der Waals surface area contributed by atoms with Gasteiger partial charge in [0.1, 0.15) is 0 Å². The van der Waals surface area contributed by atoms with E-state index in [-0.39, 0.29) is 5.43 Å². The van der Waals surface area contributed by atoms with E-state index >= 15 is 0 Å². The van der Waals surface area contributed by atoms with Gasteiger partial charge in [0, 0.05) is 46.5 Å². The zero-order valence-electron chi connectivity index (χ0n) is 14.9. The summed E-state index contributed by atoms with van der Waals surface area (Å²) in [5, 5.41) is 4.77. The zero-order valence-corrected chi connectivity index (χ0v) is 15.7. The summed E-state index contributed by atoms with van der Waals surface area (Å²) in [5.41, 5.74) is 8.84. The number of nitrogens with two attached hydrogens (primary N) is 1. The predicted molar refractivity (Wildman–Crippen MR) is 109 cm³/mol. The summed E-state index contributed by atoms with van der Waals surface area (Å²) in [5.74, 6) is -0.454. The van der Waals surface area contributed by atoms with Gasteiger partial charge in [0.25, 0.3) is 0 Å². The van der Waals surface area contributed by atoms with E-state index in [1.807, 2.05) is 32.0 Å². The molecule has 0 saturated carbocycles. The molecule has 1 fully saturated rings. The van der Waals surface area contributed by atoms with Crippen molar-refractivity contribution in [3.63, 3.8) is 0 Å². The van der Waals surface area contributed by atoms with Crippen LogP contribution in [0, 0.1) is 13.8 Å². The van der Waals surface area contributed by atoms with Gasteiger partial charge >= 0.3 is 0 Å². The number of anilines is 1.